The number of thiazole rings is 1. The van der Waals surface area contributed by atoms with Gasteiger partial charge in [-0.05, 0) is 19.4 Å². The molecule has 27 heavy (non-hydrogen) atoms. The fourth-order valence-corrected chi connectivity index (χ4v) is 4.03. The Morgan fingerprint density at radius 3 is 2.89 bits per heavy atom. The first kappa shape index (κ1) is 17.5. The van der Waals surface area contributed by atoms with Gasteiger partial charge >= 0.3 is 0 Å². The van der Waals surface area contributed by atoms with E-state index < -0.39 is 0 Å². The lowest BCUT2D eigenvalue weighted by Gasteiger charge is -2.17. The van der Waals surface area contributed by atoms with Crippen molar-refractivity contribution in [3.63, 3.8) is 0 Å². The number of hydrogen-bond acceptors (Lipinski definition) is 4. The summed E-state index contributed by atoms with van der Waals surface area (Å²) in [5, 5.41) is 1.87. The molecule has 0 saturated carbocycles. The minimum atomic E-state index is -0.0411. The van der Waals surface area contributed by atoms with Crippen LogP contribution in [0.3, 0.4) is 0 Å². The molecule has 0 aliphatic carbocycles. The van der Waals surface area contributed by atoms with E-state index in [0.29, 0.717) is 12.2 Å². The van der Waals surface area contributed by atoms with Gasteiger partial charge in [-0.1, -0.05) is 24.3 Å². The largest absolute Gasteiger partial charge is 0.334 e. The van der Waals surface area contributed by atoms with Crippen LogP contribution in [0.25, 0.3) is 16.2 Å². The van der Waals surface area contributed by atoms with E-state index in [2.05, 4.69) is 31.0 Å². The molecule has 4 aromatic rings. The first-order valence-electron chi connectivity index (χ1n) is 8.86. The molecule has 1 aromatic carbocycles. The molecule has 3 heterocycles. The predicted octanol–water partition coefficient (Wildman–Crippen LogP) is 3.86. The second-order valence-electron chi connectivity index (χ2n) is 6.51. The average molecular weight is 379 g/mol. The van der Waals surface area contributed by atoms with Crippen molar-refractivity contribution in [3.05, 3.63) is 65.3 Å². The van der Waals surface area contributed by atoms with Crippen LogP contribution in [0.2, 0.25) is 0 Å². The van der Waals surface area contributed by atoms with E-state index in [9.17, 15) is 4.79 Å². The second-order valence-corrected chi connectivity index (χ2v) is 7.34. The van der Waals surface area contributed by atoms with Gasteiger partial charge in [0.25, 0.3) is 5.91 Å². The molecule has 0 spiro atoms. The van der Waals surface area contributed by atoms with E-state index in [0.717, 1.165) is 28.6 Å². The van der Waals surface area contributed by atoms with Gasteiger partial charge in [0.2, 0.25) is 0 Å². The van der Waals surface area contributed by atoms with E-state index in [1.807, 2.05) is 38.9 Å². The Bertz CT molecular complexity index is 1110. The molecule has 4 rings (SSSR count). The number of carbonyl (C=O) groups is 1. The van der Waals surface area contributed by atoms with Crippen LogP contribution in [0.4, 0.5) is 0 Å². The summed E-state index contributed by atoms with van der Waals surface area (Å²) in [4.78, 5) is 24.6. The van der Waals surface area contributed by atoms with E-state index in [4.69, 9.17) is 4.98 Å². The van der Waals surface area contributed by atoms with Crippen molar-refractivity contribution in [2.75, 3.05) is 7.05 Å². The molecule has 0 fully saturated rings. The van der Waals surface area contributed by atoms with E-state index in [-0.39, 0.29) is 5.91 Å². The van der Waals surface area contributed by atoms with Gasteiger partial charge in [-0.25, -0.2) is 9.97 Å². The molecule has 1 amide bonds. The topological polar surface area (TPSA) is 55.4 Å². The molecule has 0 aliphatic heterocycles. The average Bonchev–Trinajstić information content (AvgIpc) is 3.36. The number of aryl methyl sites for hydroxylation is 2. The Labute approximate surface area is 161 Å². The minimum absolute atomic E-state index is 0.0411. The molecule has 138 valence electrons. The summed E-state index contributed by atoms with van der Waals surface area (Å²) in [5.41, 5.74) is 3.77. The third-order valence-electron chi connectivity index (χ3n) is 4.72. The molecule has 6 nitrogen and oxygen atoms in total. The van der Waals surface area contributed by atoms with Gasteiger partial charge in [0.05, 0.1) is 12.2 Å². The Kier molecular flexibility index (Phi) is 4.53. The number of amides is 1. The van der Waals surface area contributed by atoms with Gasteiger partial charge in [0, 0.05) is 43.1 Å². The summed E-state index contributed by atoms with van der Waals surface area (Å²) in [5.74, 6) is 0.840. The molecule has 0 N–H and O–H groups in total. The second kappa shape index (κ2) is 7.00. The SMILES string of the molecule is CCn1ccnc1CN(C)C(=O)c1csc2nc(-c3ccccc3C)cn12. The quantitative estimate of drug-likeness (QED) is 0.529. The van der Waals surface area contributed by atoms with E-state index >= 15 is 0 Å². The number of carbonyl (C=O) groups excluding carboxylic acids is 1. The summed E-state index contributed by atoms with van der Waals surface area (Å²) < 4.78 is 3.93. The number of imidazole rings is 2. The highest BCUT2D eigenvalue weighted by Crippen LogP contribution is 2.26. The fourth-order valence-electron chi connectivity index (χ4n) is 3.19. The molecule has 0 unspecified atom stereocenters. The smallest absolute Gasteiger partial charge is 0.271 e. The molecule has 0 bridgehead atoms. The lowest BCUT2D eigenvalue weighted by molar-refractivity contribution is 0.0773. The fraction of sp³-hybridized carbons (Fsp3) is 0.250. The number of fused-ring (bicyclic) bond motifs is 1. The van der Waals surface area contributed by atoms with Crippen LogP contribution >= 0.6 is 11.3 Å². The zero-order valence-corrected chi connectivity index (χ0v) is 16.4. The molecular weight excluding hydrogens is 358 g/mol. The molecule has 0 saturated heterocycles. The minimum Gasteiger partial charge on any atom is -0.334 e. The van der Waals surface area contributed by atoms with Crippen LogP contribution in [0.15, 0.2) is 48.2 Å². The van der Waals surface area contributed by atoms with Crippen LogP contribution in [-0.4, -0.2) is 36.8 Å². The van der Waals surface area contributed by atoms with Crippen molar-refractivity contribution in [3.8, 4) is 11.3 Å². The summed E-state index contributed by atoms with van der Waals surface area (Å²) in [6, 6.07) is 8.14. The van der Waals surface area contributed by atoms with Crippen LogP contribution < -0.4 is 0 Å². The molecule has 7 heteroatoms. The Balaban J connectivity index is 1.63. The van der Waals surface area contributed by atoms with E-state index in [1.165, 1.54) is 16.9 Å². The molecular formula is C20H21N5OS. The van der Waals surface area contributed by atoms with Crippen molar-refractivity contribution < 1.29 is 4.79 Å². The third kappa shape index (κ3) is 3.14. The molecule has 0 atom stereocenters. The maximum Gasteiger partial charge on any atom is 0.271 e. The zero-order valence-electron chi connectivity index (χ0n) is 15.6. The molecule has 3 aromatic heterocycles. The predicted molar refractivity (Wildman–Crippen MR) is 107 cm³/mol. The first-order valence-corrected chi connectivity index (χ1v) is 9.74. The number of rotatable bonds is 5. The van der Waals surface area contributed by atoms with Gasteiger partial charge in [0.1, 0.15) is 11.5 Å². The highest BCUT2D eigenvalue weighted by Gasteiger charge is 2.20. The van der Waals surface area contributed by atoms with Crippen molar-refractivity contribution in [1.82, 2.24) is 23.8 Å². The maximum absolute atomic E-state index is 13.0. The van der Waals surface area contributed by atoms with Gasteiger partial charge in [0.15, 0.2) is 4.96 Å². The molecule has 0 radical (unpaired) electrons. The van der Waals surface area contributed by atoms with Crippen molar-refractivity contribution in [2.24, 2.45) is 0 Å². The van der Waals surface area contributed by atoms with Crippen molar-refractivity contribution in [1.29, 1.82) is 0 Å². The first-order chi connectivity index (χ1) is 13.1. The zero-order chi connectivity index (χ0) is 19.0. The van der Waals surface area contributed by atoms with Crippen molar-refractivity contribution in [2.45, 2.75) is 26.9 Å². The normalized spacial score (nSPS) is 11.2. The van der Waals surface area contributed by atoms with Gasteiger partial charge in [-0.15, -0.1) is 11.3 Å². The Morgan fingerprint density at radius 2 is 2.11 bits per heavy atom. The Morgan fingerprint density at radius 1 is 1.30 bits per heavy atom. The Hall–Kier alpha value is -2.93. The van der Waals surface area contributed by atoms with Crippen LogP contribution in [0, 0.1) is 6.92 Å². The maximum atomic E-state index is 13.0. The van der Waals surface area contributed by atoms with Gasteiger partial charge in [-0.2, -0.15) is 0 Å². The lowest BCUT2D eigenvalue weighted by atomic mass is 10.1. The van der Waals surface area contributed by atoms with E-state index in [1.54, 1.807) is 18.1 Å². The summed E-state index contributed by atoms with van der Waals surface area (Å²) in [7, 11) is 1.81. The van der Waals surface area contributed by atoms with Crippen LogP contribution in [-0.2, 0) is 13.1 Å². The number of benzene rings is 1. The highest BCUT2D eigenvalue weighted by molar-refractivity contribution is 7.15. The van der Waals surface area contributed by atoms with Gasteiger partial charge in [-0.3, -0.25) is 9.20 Å². The van der Waals surface area contributed by atoms with Crippen molar-refractivity contribution >= 4 is 22.2 Å². The number of aromatic nitrogens is 4. The number of nitrogens with zero attached hydrogens (tertiary/aromatic N) is 5. The summed E-state index contributed by atoms with van der Waals surface area (Å²) in [6.45, 7) is 5.43. The van der Waals surface area contributed by atoms with Crippen LogP contribution in [0.1, 0.15) is 28.8 Å². The highest BCUT2D eigenvalue weighted by atomic mass is 32.1. The van der Waals surface area contributed by atoms with Gasteiger partial charge < -0.3 is 9.47 Å². The summed E-state index contributed by atoms with van der Waals surface area (Å²) >= 11 is 1.48. The van der Waals surface area contributed by atoms with Crippen LogP contribution in [0.5, 0.6) is 0 Å². The monoisotopic (exact) mass is 379 g/mol. The standard InChI is InChI=1S/C20H21N5OS/c1-4-24-10-9-21-18(24)12-23(3)19(26)17-13-27-20-22-16(11-25(17)20)15-8-6-5-7-14(15)2/h5-11,13H,4,12H2,1-3H3. The summed E-state index contributed by atoms with van der Waals surface area (Å²) in [6.07, 6.45) is 5.65. The number of hydrogen-bond donors (Lipinski definition) is 0. The molecule has 0 aliphatic rings. The lowest BCUT2D eigenvalue weighted by Crippen LogP contribution is -2.28. The third-order valence-corrected chi connectivity index (χ3v) is 5.56.